The molecule has 12 aromatic carbocycles. The van der Waals surface area contributed by atoms with Gasteiger partial charge in [-0.3, -0.25) is 0 Å². The Bertz CT molecular complexity index is 4760. The quantitative estimate of drug-likeness (QED) is 0.166. The Labute approximate surface area is 522 Å². The molecule has 0 bridgehead atoms. The lowest BCUT2D eigenvalue weighted by molar-refractivity contribution is 0.590. The van der Waals surface area contributed by atoms with E-state index in [1.54, 1.807) is 0 Å². The molecule has 436 valence electrons. The van der Waals surface area contributed by atoms with Gasteiger partial charge in [-0.25, -0.2) is 0 Å². The minimum atomic E-state index is -0.805. The number of hydrogen-bond acceptors (Lipinski definition) is 4. The van der Waals surface area contributed by atoms with Gasteiger partial charge in [0.1, 0.15) is 22.3 Å². The van der Waals surface area contributed by atoms with Gasteiger partial charge in [-0.2, -0.15) is 0 Å². The molecule has 4 nitrogen and oxygen atoms in total. The molecule has 89 heavy (non-hydrogen) atoms. The minimum absolute atomic E-state index is 0.0431. The highest BCUT2D eigenvalue weighted by molar-refractivity contribution is 6.31. The number of furan rings is 2. The average Bonchev–Trinajstić information content (AvgIpc) is 1.49. The van der Waals surface area contributed by atoms with Crippen molar-refractivity contribution in [1.29, 1.82) is 0 Å². The van der Waals surface area contributed by atoms with Crippen LogP contribution in [0.1, 0.15) is 128 Å². The Balaban J connectivity index is 1.12. The van der Waals surface area contributed by atoms with Gasteiger partial charge in [-0.15, -0.1) is 0 Å². The molecule has 0 saturated heterocycles. The summed E-state index contributed by atoms with van der Waals surface area (Å²) in [5, 5.41) is 8.97. The average molecular weight is 1160 g/mol. The second kappa shape index (κ2) is 19.2. The van der Waals surface area contributed by atoms with Gasteiger partial charge >= 0.3 is 0 Å². The Morgan fingerprint density at radius 2 is 0.573 bits per heavy atom. The maximum Gasteiger partial charge on any atom is 0.136 e. The van der Waals surface area contributed by atoms with Crippen LogP contribution in [0.2, 0.25) is 0 Å². The third-order valence-electron chi connectivity index (χ3n) is 19.7. The number of anilines is 6. The zero-order valence-corrected chi connectivity index (χ0v) is 53.2. The molecule has 0 N–H and O–H groups in total. The van der Waals surface area contributed by atoms with Crippen molar-refractivity contribution in [3.05, 3.63) is 275 Å². The first-order chi connectivity index (χ1) is 42.7. The van der Waals surface area contributed by atoms with Gasteiger partial charge in [0.25, 0.3) is 0 Å². The van der Waals surface area contributed by atoms with E-state index in [0.717, 1.165) is 99.5 Å². The molecule has 2 aliphatic rings. The van der Waals surface area contributed by atoms with E-state index in [4.69, 9.17) is 8.83 Å². The predicted octanol–water partition coefficient (Wildman–Crippen LogP) is 24.3. The number of benzene rings is 12. The first-order valence-corrected chi connectivity index (χ1v) is 31.7. The van der Waals surface area contributed by atoms with Crippen molar-refractivity contribution in [2.75, 3.05) is 9.80 Å². The van der Waals surface area contributed by atoms with Crippen LogP contribution in [0.4, 0.5) is 34.1 Å². The molecule has 0 fully saturated rings. The van der Waals surface area contributed by atoms with Gasteiger partial charge in [0.2, 0.25) is 0 Å². The van der Waals surface area contributed by atoms with E-state index in [9.17, 15) is 0 Å². The molecule has 2 aliphatic carbocycles. The summed E-state index contributed by atoms with van der Waals surface area (Å²) >= 11 is 0. The van der Waals surface area contributed by atoms with Crippen LogP contribution in [0.25, 0.3) is 87.7 Å². The highest BCUT2D eigenvalue weighted by Crippen LogP contribution is 2.68. The maximum absolute atomic E-state index is 6.98. The fourth-order valence-corrected chi connectivity index (χ4v) is 15.2. The maximum atomic E-state index is 6.98. The van der Waals surface area contributed by atoms with Gasteiger partial charge in [-0.05, 0) is 196 Å². The lowest BCUT2D eigenvalue weighted by Crippen LogP contribution is -2.27. The first kappa shape index (κ1) is 54.7. The van der Waals surface area contributed by atoms with Gasteiger partial charge in [-0.1, -0.05) is 217 Å². The summed E-state index contributed by atoms with van der Waals surface area (Å²) in [5.74, 6) is 0. The molecule has 4 heteroatoms. The van der Waals surface area contributed by atoms with E-state index < -0.39 is 5.41 Å². The molecule has 0 aliphatic heterocycles. The molecule has 0 atom stereocenters. The van der Waals surface area contributed by atoms with Crippen LogP contribution < -0.4 is 9.80 Å². The van der Waals surface area contributed by atoms with E-state index in [1.807, 2.05) is 0 Å². The smallest absolute Gasteiger partial charge is 0.136 e. The highest BCUT2D eigenvalue weighted by Gasteiger charge is 2.54. The van der Waals surface area contributed by atoms with E-state index in [-0.39, 0.29) is 21.7 Å². The number of hydrogen-bond donors (Lipinski definition) is 0. The van der Waals surface area contributed by atoms with Crippen molar-refractivity contribution < 1.29 is 8.83 Å². The molecule has 14 aromatic rings. The van der Waals surface area contributed by atoms with Crippen LogP contribution in [-0.2, 0) is 27.1 Å². The molecule has 1 spiro atoms. The van der Waals surface area contributed by atoms with Gasteiger partial charge in [0.05, 0.1) is 16.8 Å². The Hall–Kier alpha value is -9.64. The van der Waals surface area contributed by atoms with Gasteiger partial charge in [0.15, 0.2) is 0 Å². The van der Waals surface area contributed by atoms with Crippen LogP contribution in [0, 0.1) is 0 Å². The van der Waals surface area contributed by atoms with Crippen molar-refractivity contribution in [3.8, 4) is 22.3 Å². The highest BCUT2D eigenvalue weighted by atomic mass is 16.3. The Morgan fingerprint density at radius 1 is 0.270 bits per heavy atom. The largest absolute Gasteiger partial charge is 0.456 e. The van der Waals surface area contributed by atoms with E-state index in [0.29, 0.717) is 0 Å². The molecule has 0 amide bonds. The van der Waals surface area contributed by atoms with Gasteiger partial charge in [0, 0.05) is 55.1 Å². The standard InChI is InChI=1S/C85H74N2O2/c1-81(2,3)51-29-37-55(38-30-51)86(56-39-31-52(32-40-56)82(4,5)6)69-49-67-75(63-45-47-73-79(77(63)69)61-23-15-19-27-71(61)88-73)76-64-46-48-74-80(62-24-16-20-28-72(62)89-74)78(64)70(50-68(76)85(67)65-25-17-13-21-59(65)60-22-14-18-26-66(60)85)87(57-41-33-53(34-42-57)83(7,8)9)58-43-35-54(36-44-58)84(10,11)12/h13-50H,1-12H3. The predicted molar refractivity (Wildman–Crippen MR) is 376 cm³/mol. The Kier molecular flexibility index (Phi) is 11.8. The van der Waals surface area contributed by atoms with Crippen LogP contribution in [0.3, 0.4) is 0 Å². The number of para-hydroxylation sites is 2. The summed E-state index contributed by atoms with van der Waals surface area (Å²) in [5.41, 5.74) is 24.1. The minimum Gasteiger partial charge on any atom is -0.456 e. The van der Waals surface area contributed by atoms with Crippen LogP contribution in [-0.4, -0.2) is 0 Å². The fourth-order valence-electron chi connectivity index (χ4n) is 15.2. The number of rotatable bonds is 6. The second-order valence-corrected chi connectivity index (χ2v) is 29.3. The third-order valence-corrected chi connectivity index (χ3v) is 19.7. The normalized spacial score (nSPS) is 13.7. The molecule has 0 radical (unpaired) electrons. The number of fused-ring (bicyclic) bond motifs is 22. The monoisotopic (exact) mass is 1150 g/mol. The van der Waals surface area contributed by atoms with Crippen molar-refractivity contribution in [2.45, 2.75) is 110 Å². The van der Waals surface area contributed by atoms with Gasteiger partial charge < -0.3 is 18.6 Å². The van der Waals surface area contributed by atoms with Crippen LogP contribution in [0.15, 0.2) is 239 Å². The molecular formula is C85H74N2O2. The van der Waals surface area contributed by atoms with Crippen LogP contribution >= 0.6 is 0 Å². The fraction of sp³-hybridized carbons (Fsp3) is 0.200. The van der Waals surface area contributed by atoms with Crippen molar-refractivity contribution in [1.82, 2.24) is 0 Å². The molecular weight excluding hydrogens is 1080 g/mol. The number of nitrogens with zero attached hydrogens (tertiary/aromatic N) is 2. The lowest BCUT2D eigenvalue weighted by atomic mass is 9.70. The summed E-state index contributed by atoms with van der Waals surface area (Å²) in [6.45, 7) is 27.6. The Morgan fingerprint density at radius 3 is 0.899 bits per heavy atom. The van der Waals surface area contributed by atoms with E-state index in [1.165, 1.54) is 66.8 Å². The summed E-state index contributed by atoms with van der Waals surface area (Å²) in [6.07, 6.45) is 0. The summed E-state index contributed by atoms with van der Waals surface area (Å²) in [4.78, 5) is 5.09. The van der Waals surface area contributed by atoms with E-state index >= 15 is 0 Å². The zero-order valence-electron chi connectivity index (χ0n) is 53.2. The molecule has 0 unspecified atom stereocenters. The molecule has 2 heterocycles. The zero-order chi connectivity index (χ0) is 61.3. The van der Waals surface area contributed by atoms with E-state index in [2.05, 4.69) is 323 Å². The summed E-state index contributed by atoms with van der Waals surface area (Å²) in [6, 6.07) is 87.6. The topological polar surface area (TPSA) is 32.8 Å². The molecule has 2 aromatic heterocycles. The first-order valence-electron chi connectivity index (χ1n) is 31.7. The second-order valence-electron chi connectivity index (χ2n) is 29.3. The summed E-state index contributed by atoms with van der Waals surface area (Å²) < 4.78 is 14.0. The summed E-state index contributed by atoms with van der Waals surface area (Å²) in [7, 11) is 0. The third kappa shape index (κ3) is 8.18. The van der Waals surface area contributed by atoms with Crippen molar-refractivity contribution >= 4 is 99.5 Å². The SMILES string of the molecule is CC(C)(C)c1ccc(N(c2ccc(C(C)(C)C)cc2)c2cc3c(c4ccc5oc6ccccc6c5c24)-c2c(cc(N(c4ccc(C(C)(C)C)cc4)c4ccc(C(C)(C)C)cc4)c4c2ccc2oc5ccccc5c24)C32c3ccccc3-c3ccccc32)cc1. The molecule has 0 saturated carbocycles. The molecule has 16 rings (SSSR count). The van der Waals surface area contributed by atoms with Crippen molar-refractivity contribution in [3.63, 3.8) is 0 Å². The van der Waals surface area contributed by atoms with Crippen molar-refractivity contribution in [2.24, 2.45) is 0 Å². The van der Waals surface area contributed by atoms with Crippen LogP contribution in [0.5, 0.6) is 0 Å². The lowest BCUT2D eigenvalue weighted by Gasteiger charge is -2.34.